The summed E-state index contributed by atoms with van der Waals surface area (Å²) in [5.74, 6) is 0.651. The van der Waals surface area contributed by atoms with Gasteiger partial charge in [0.25, 0.3) is 0 Å². The Balaban J connectivity index is 2.75. The van der Waals surface area contributed by atoms with Crippen LogP contribution in [-0.2, 0) is 0 Å². The first kappa shape index (κ1) is 9.73. The summed E-state index contributed by atoms with van der Waals surface area (Å²) >= 11 is 2.82. The molecule has 13 heavy (non-hydrogen) atoms. The maximum absolute atomic E-state index is 9.98. The SMILES string of the molecule is O=[N+]([O-])C=Cc1ccc(OBr)cc1. The van der Waals surface area contributed by atoms with Gasteiger partial charge in [-0.05, 0) is 17.7 Å². The molecule has 0 saturated heterocycles. The maximum atomic E-state index is 9.98. The van der Waals surface area contributed by atoms with Gasteiger partial charge in [-0.2, -0.15) is 0 Å². The van der Waals surface area contributed by atoms with E-state index in [-0.39, 0.29) is 0 Å². The van der Waals surface area contributed by atoms with Crippen LogP contribution in [0.25, 0.3) is 6.08 Å². The lowest BCUT2D eigenvalue weighted by atomic mass is 10.2. The first-order chi connectivity index (χ1) is 6.22. The molecular formula is C8H6BrNO3. The van der Waals surface area contributed by atoms with Gasteiger partial charge < -0.3 is 3.83 Å². The van der Waals surface area contributed by atoms with Crippen molar-refractivity contribution in [3.05, 3.63) is 46.1 Å². The molecule has 0 aliphatic rings. The first-order valence-electron chi connectivity index (χ1n) is 3.43. The molecule has 0 aliphatic carbocycles. The van der Waals surface area contributed by atoms with Crippen LogP contribution in [0.3, 0.4) is 0 Å². The summed E-state index contributed by atoms with van der Waals surface area (Å²) in [5, 5.41) is 9.98. The lowest BCUT2D eigenvalue weighted by Gasteiger charge is -1.95. The molecule has 68 valence electrons. The fourth-order valence-corrected chi connectivity index (χ4v) is 0.993. The fourth-order valence-electron chi connectivity index (χ4n) is 0.777. The smallest absolute Gasteiger partial charge is 0.235 e. The van der Waals surface area contributed by atoms with E-state index in [1.54, 1.807) is 24.3 Å². The number of nitrogens with zero attached hydrogens (tertiary/aromatic N) is 1. The van der Waals surface area contributed by atoms with Crippen molar-refractivity contribution in [1.82, 2.24) is 0 Å². The normalized spacial score (nSPS) is 10.2. The van der Waals surface area contributed by atoms with Crippen molar-refractivity contribution in [3.63, 3.8) is 0 Å². The zero-order valence-corrected chi connectivity index (χ0v) is 8.10. The van der Waals surface area contributed by atoms with Crippen LogP contribution in [0.5, 0.6) is 5.75 Å². The minimum atomic E-state index is -0.505. The van der Waals surface area contributed by atoms with Gasteiger partial charge in [0.2, 0.25) is 6.20 Å². The van der Waals surface area contributed by atoms with Crippen molar-refractivity contribution in [1.29, 1.82) is 0 Å². The Morgan fingerprint density at radius 2 is 2.00 bits per heavy atom. The van der Waals surface area contributed by atoms with Gasteiger partial charge in [0.1, 0.15) is 5.75 Å². The maximum Gasteiger partial charge on any atom is 0.235 e. The van der Waals surface area contributed by atoms with Crippen LogP contribution in [0.1, 0.15) is 5.56 Å². The van der Waals surface area contributed by atoms with Crippen LogP contribution in [0.15, 0.2) is 30.5 Å². The lowest BCUT2D eigenvalue weighted by molar-refractivity contribution is -0.400. The van der Waals surface area contributed by atoms with Gasteiger partial charge >= 0.3 is 0 Å². The highest BCUT2D eigenvalue weighted by Gasteiger charge is 1.92. The summed E-state index contributed by atoms with van der Waals surface area (Å²) in [6.07, 6.45) is 2.31. The number of nitro groups is 1. The van der Waals surface area contributed by atoms with E-state index in [0.29, 0.717) is 5.75 Å². The second-order valence-corrected chi connectivity index (χ2v) is 2.57. The Morgan fingerprint density at radius 3 is 2.46 bits per heavy atom. The molecule has 0 bridgehead atoms. The summed E-state index contributed by atoms with van der Waals surface area (Å²) in [4.78, 5) is 9.48. The molecule has 0 amide bonds. The Labute approximate surface area is 83.4 Å². The molecule has 1 aromatic rings. The number of halogens is 1. The van der Waals surface area contributed by atoms with Crippen LogP contribution < -0.4 is 3.83 Å². The zero-order valence-electron chi connectivity index (χ0n) is 6.51. The molecule has 0 aromatic heterocycles. The van der Waals surface area contributed by atoms with Gasteiger partial charge in [-0.3, -0.25) is 10.1 Å². The van der Waals surface area contributed by atoms with Crippen LogP contribution >= 0.6 is 16.3 Å². The molecule has 0 heterocycles. The highest BCUT2D eigenvalue weighted by molar-refractivity contribution is 9.06. The average molecular weight is 244 g/mol. The first-order valence-corrected chi connectivity index (χ1v) is 4.07. The standard InChI is InChI=1S/C8H6BrNO3/c9-13-8-3-1-7(2-4-8)5-6-10(11)12/h1-6H. The van der Waals surface area contributed by atoms with Gasteiger partial charge in [0.15, 0.2) is 16.3 Å². The summed E-state index contributed by atoms with van der Waals surface area (Å²) < 4.78 is 4.75. The molecule has 0 aliphatic heterocycles. The molecule has 0 atom stereocenters. The summed E-state index contributed by atoms with van der Waals surface area (Å²) in [6, 6.07) is 6.84. The number of hydrogen-bond acceptors (Lipinski definition) is 3. The molecule has 0 saturated carbocycles. The van der Waals surface area contributed by atoms with E-state index in [4.69, 9.17) is 3.83 Å². The van der Waals surface area contributed by atoms with E-state index < -0.39 is 4.92 Å². The molecule has 0 N–H and O–H groups in total. The van der Waals surface area contributed by atoms with Gasteiger partial charge in [-0.15, -0.1) is 0 Å². The third kappa shape index (κ3) is 3.25. The number of hydrogen-bond donors (Lipinski definition) is 0. The van der Waals surface area contributed by atoms with Crippen molar-refractivity contribution in [2.75, 3.05) is 0 Å². The van der Waals surface area contributed by atoms with Crippen LogP contribution in [-0.4, -0.2) is 4.92 Å². The Morgan fingerprint density at radius 1 is 1.38 bits per heavy atom. The molecule has 0 fully saturated rings. The minimum Gasteiger partial charge on any atom is -0.418 e. The number of benzene rings is 1. The molecule has 0 unspecified atom stereocenters. The summed E-state index contributed by atoms with van der Waals surface area (Å²) in [6.45, 7) is 0. The van der Waals surface area contributed by atoms with E-state index in [9.17, 15) is 10.1 Å². The van der Waals surface area contributed by atoms with Crippen molar-refractivity contribution in [3.8, 4) is 5.75 Å². The van der Waals surface area contributed by atoms with Crippen molar-refractivity contribution in [2.45, 2.75) is 0 Å². The molecule has 4 nitrogen and oxygen atoms in total. The molecule has 0 spiro atoms. The third-order valence-electron chi connectivity index (χ3n) is 1.36. The van der Waals surface area contributed by atoms with E-state index in [1.165, 1.54) is 6.08 Å². The van der Waals surface area contributed by atoms with Crippen molar-refractivity contribution in [2.24, 2.45) is 0 Å². The minimum absolute atomic E-state index is 0.505. The van der Waals surface area contributed by atoms with Crippen LogP contribution in [0.2, 0.25) is 0 Å². The predicted molar refractivity (Wildman–Crippen MR) is 52.0 cm³/mol. The number of rotatable bonds is 3. The largest absolute Gasteiger partial charge is 0.418 e. The van der Waals surface area contributed by atoms with E-state index >= 15 is 0 Å². The quantitative estimate of drug-likeness (QED) is 0.606. The Kier molecular flexibility index (Phi) is 3.45. The highest BCUT2D eigenvalue weighted by Crippen LogP contribution is 2.14. The van der Waals surface area contributed by atoms with Gasteiger partial charge in [0.05, 0.1) is 4.92 Å². The zero-order chi connectivity index (χ0) is 9.68. The van der Waals surface area contributed by atoms with Crippen LogP contribution in [0.4, 0.5) is 0 Å². The molecule has 1 rings (SSSR count). The molecule has 5 heteroatoms. The van der Waals surface area contributed by atoms with E-state index in [2.05, 4.69) is 16.3 Å². The monoisotopic (exact) mass is 243 g/mol. The second kappa shape index (κ2) is 4.61. The molecule has 1 aromatic carbocycles. The Hall–Kier alpha value is -1.36. The van der Waals surface area contributed by atoms with E-state index in [0.717, 1.165) is 11.8 Å². The van der Waals surface area contributed by atoms with E-state index in [1.807, 2.05) is 0 Å². The van der Waals surface area contributed by atoms with Gasteiger partial charge in [-0.1, -0.05) is 12.1 Å². The second-order valence-electron chi connectivity index (χ2n) is 2.25. The topological polar surface area (TPSA) is 52.4 Å². The lowest BCUT2D eigenvalue weighted by Crippen LogP contribution is -1.82. The van der Waals surface area contributed by atoms with Crippen molar-refractivity contribution < 1.29 is 8.75 Å². The molecule has 0 radical (unpaired) electrons. The third-order valence-corrected chi connectivity index (χ3v) is 1.73. The highest BCUT2D eigenvalue weighted by atomic mass is 79.9. The van der Waals surface area contributed by atoms with Crippen LogP contribution in [0, 0.1) is 10.1 Å². The average Bonchev–Trinajstić information content (AvgIpc) is 2.15. The Bertz CT molecular complexity index is 321. The van der Waals surface area contributed by atoms with Gasteiger partial charge in [0, 0.05) is 6.08 Å². The predicted octanol–water partition coefficient (Wildman–Crippen LogP) is 2.62. The summed E-state index contributed by atoms with van der Waals surface area (Å²) in [7, 11) is 0. The van der Waals surface area contributed by atoms with Crippen molar-refractivity contribution >= 4 is 22.3 Å². The fraction of sp³-hybridized carbons (Fsp3) is 0. The summed E-state index contributed by atoms with van der Waals surface area (Å²) in [5.41, 5.74) is 0.755. The van der Waals surface area contributed by atoms with Gasteiger partial charge in [-0.25, -0.2) is 0 Å². The molecular weight excluding hydrogens is 238 g/mol.